The van der Waals surface area contributed by atoms with Crippen LogP contribution in [0.2, 0.25) is 5.02 Å². The van der Waals surface area contributed by atoms with Crippen molar-refractivity contribution in [3.05, 3.63) is 75.2 Å². The zero-order chi connectivity index (χ0) is 26.2. The highest BCUT2D eigenvalue weighted by molar-refractivity contribution is 6.30. The summed E-state index contributed by atoms with van der Waals surface area (Å²) in [5.74, 6) is 0.497. The van der Waals surface area contributed by atoms with Crippen LogP contribution in [0.15, 0.2) is 53.5 Å². The van der Waals surface area contributed by atoms with E-state index in [9.17, 15) is 9.90 Å². The number of benzene rings is 2. The number of aliphatic hydroxyl groups excluding tert-OH is 1. The molecule has 1 saturated carbocycles. The number of aliphatic hydroxyl groups is 1. The van der Waals surface area contributed by atoms with Crippen molar-refractivity contribution in [2.24, 2.45) is 0 Å². The average molecular weight is 533 g/mol. The normalized spacial score (nSPS) is 17.5. The summed E-state index contributed by atoms with van der Waals surface area (Å²) in [6, 6.07) is 14.0. The number of hydrogen-bond donors (Lipinski definition) is 4. The van der Waals surface area contributed by atoms with Crippen LogP contribution < -0.4 is 15.8 Å². The molecule has 3 heterocycles. The SMILES string of the molecule is Cc1cc(N2CCN(C3CCC3)CC2)cc2[nH]c(-c3c(NC[C@H](O)c4cccc(Cl)c4)cc[nH]c3=O)nc12. The number of hydrogen-bond acceptors (Lipinski definition) is 6. The smallest absolute Gasteiger partial charge is 0.261 e. The van der Waals surface area contributed by atoms with Gasteiger partial charge in [0.25, 0.3) is 5.56 Å². The molecule has 1 saturated heterocycles. The summed E-state index contributed by atoms with van der Waals surface area (Å²) in [7, 11) is 0. The van der Waals surface area contributed by atoms with E-state index in [4.69, 9.17) is 16.6 Å². The molecular formula is C29H33ClN6O2. The number of H-pyrrole nitrogens is 2. The number of piperazine rings is 1. The number of anilines is 2. The predicted molar refractivity (Wildman–Crippen MR) is 153 cm³/mol. The van der Waals surface area contributed by atoms with Crippen molar-refractivity contribution in [2.75, 3.05) is 42.9 Å². The number of imidazole rings is 1. The maximum atomic E-state index is 12.9. The molecule has 8 nitrogen and oxygen atoms in total. The summed E-state index contributed by atoms with van der Waals surface area (Å²) in [6.45, 7) is 6.52. The second kappa shape index (κ2) is 10.4. The van der Waals surface area contributed by atoms with Gasteiger partial charge in [0.05, 0.1) is 22.8 Å². The molecule has 2 aromatic carbocycles. The molecule has 0 radical (unpaired) electrons. The third-order valence-corrected chi connectivity index (χ3v) is 8.18. The van der Waals surface area contributed by atoms with Crippen molar-refractivity contribution >= 4 is 34.0 Å². The molecule has 4 N–H and O–H groups in total. The Morgan fingerprint density at radius 3 is 2.71 bits per heavy atom. The van der Waals surface area contributed by atoms with Gasteiger partial charge in [0.1, 0.15) is 11.4 Å². The second-order valence-electron chi connectivity index (χ2n) is 10.4. The molecule has 0 amide bonds. The number of nitrogens with zero attached hydrogens (tertiary/aromatic N) is 3. The number of nitrogens with one attached hydrogen (secondary N) is 3. The van der Waals surface area contributed by atoms with E-state index in [1.165, 1.54) is 24.9 Å². The largest absolute Gasteiger partial charge is 0.387 e. The number of rotatable bonds is 7. The van der Waals surface area contributed by atoms with Crippen molar-refractivity contribution in [3.63, 3.8) is 0 Å². The minimum absolute atomic E-state index is 0.215. The van der Waals surface area contributed by atoms with Gasteiger partial charge in [-0.05, 0) is 61.2 Å². The van der Waals surface area contributed by atoms with Crippen LogP contribution in [-0.2, 0) is 0 Å². The molecule has 1 aliphatic carbocycles. The lowest BCUT2D eigenvalue weighted by Gasteiger charge is -2.43. The zero-order valence-electron chi connectivity index (χ0n) is 21.5. The van der Waals surface area contributed by atoms with Crippen LogP contribution in [0.3, 0.4) is 0 Å². The molecular weight excluding hydrogens is 500 g/mol. The highest BCUT2D eigenvalue weighted by atomic mass is 35.5. The van der Waals surface area contributed by atoms with E-state index >= 15 is 0 Å². The maximum absolute atomic E-state index is 12.9. The van der Waals surface area contributed by atoms with Gasteiger partial charge in [-0.1, -0.05) is 30.2 Å². The summed E-state index contributed by atoms with van der Waals surface area (Å²) in [4.78, 5) is 29.0. The Labute approximate surface area is 226 Å². The monoisotopic (exact) mass is 532 g/mol. The van der Waals surface area contributed by atoms with E-state index in [-0.39, 0.29) is 12.1 Å². The van der Waals surface area contributed by atoms with Gasteiger partial charge in [0, 0.05) is 55.7 Å². The minimum Gasteiger partial charge on any atom is -0.387 e. The van der Waals surface area contributed by atoms with Crippen molar-refractivity contribution in [1.82, 2.24) is 19.9 Å². The molecule has 1 atom stereocenters. The number of aromatic nitrogens is 3. The number of pyridine rings is 1. The van der Waals surface area contributed by atoms with E-state index < -0.39 is 6.10 Å². The molecule has 2 fully saturated rings. The fourth-order valence-corrected chi connectivity index (χ4v) is 5.77. The Morgan fingerprint density at radius 2 is 1.97 bits per heavy atom. The second-order valence-corrected chi connectivity index (χ2v) is 10.8. The summed E-state index contributed by atoms with van der Waals surface area (Å²) >= 11 is 6.08. The minimum atomic E-state index is -0.786. The van der Waals surface area contributed by atoms with Gasteiger partial charge in [-0.2, -0.15) is 0 Å². The van der Waals surface area contributed by atoms with Gasteiger partial charge in [0.2, 0.25) is 0 Å². The molecule has 198 valence electrons. The van der Waals surface area contributed by atoms with Crippen molar-refractivity contribution < 1.29 is 5.11 Å². The first kappa shape index (κ1) is 25.0. The first-order valence-corrected chi connectivity index (χ1v) is 13.7. The van der Waals surface area contributed by atoms with E-state index in [1.54, 1.807) is 30.5 Å². The van der Waals surface area contributed by atoms with Crippen LogP contribution >= 0.6 is 11.6 Å². The number of halogens is 1. The summed E-state index contributed by atoms with van der Waals surface area (Å²) in [6.07, 6.45) is 4.86. The topological polar surface area (TPSA) is 100 Å². The molecule has 6 rings (SSSR count). The first-order chi connectivity index (χ1) is 18.5. The predicted octanol–water partition coefficient (Wildman–Crippen LogP) is 4.70. The molecule has 1 aliphatic heterocycles. The molecule has 0 spiro atoms. The number of aryl methyl sites for hydroxylation is 1. The lowest BCUT2D eigenvalue weighted by Crippen LogP contribution is -2.52. The van der Waals surface area contributed by atoms with E-state index in [2.05, 4.69) is 44.1 Å². The molecule has 2 aromatic heterocycles. The van der Waals surface area contributed by atoms with Crippen LogP contribution in [0.4, 0.5) is 11.4 Å². The van der Waals surface area contributed by atoms with E-state index in [1.807, 2.05) is 6.07 Å². The van der Waals surface area contributed by atoms with Gasteiger partial charge < -0.3 is 25.3 Å². The highest BCUT2D eigenvalue weighted by Gasteiger charge is 2.28. The molecule has 2 aliphatic rings. The van der Waals surface area contributed by atoms with E-state index in [0.717, 1.165) is 48.8 Å². The maximum Gasteiger partial charge on any atom is 0.261 e. The Kier molecular flexibility index (Phi) is 6.86. The van der Waals surface area contributed by atoms with Gasteiger partial charge in [0.15, 0.2) is 0 Å². The van der Waals surface area contributed by atoms with Crippen molar-refractivity contribution in [2.45, 2.75) is 38.3 Å². The molecule has 9 heteroatoms. The lowest BCUT2D eigenvalue weighted by atomic mass is 9.91. The Balaban J connectivity index is 1.24. The fourth-order valence-electron chi connectivity index (χ4n) is 5.57. The number of fused-ring (bicyclic) bond motifs is 1. The van der Waals surface area contributed by atoms with Crippen LogP contribution in [0.1, 0.15) is 36.5 Å². The van der Waals surface area contributed by atoms with E-state index in [0.29, 0.717) is 27.7 Å². The molecule has 4 aromatic rings. The van der Waals surface area contributed by atoms with Crippen molar-refractivity contribution in [1.29, 1.82) is 0 Å². The van der Waals surface area contributed by atoms with Crippen LogP contribution in [-0.4, -0.2) is 63.7 Å². The first-order valence-electron chi connectivity index (χ1n) is 13.3. The third-order valence-electron chi connectivity index (χ3n) is 7.95. The zero-order valence-corrected chi connectivity index (χ0v) is 22.3. The summed E-state index contributed by atoms with van der Waals surface area (Å²) in [5.41, 5.74) is 5.47. The Bertz CT molecular complexity index is 1500. The van der Waals surface area contributed by atoms with Crippen LogP contribution in [0.5, 0.6) is 0 Å². The van der Waals surface area contributed by atoms with Crippen molar-refractivity contribution in [3.8, 4) is 11.4 Å². The quantitative estimate of drug-likeness (QED) is 0.275. The summed E-state index contributed by atoms with van der Waals surface area (Å²) < 4.78 is 0. The van der Waals surface area contributed by atoms with Crippen LogP contribution in [0, 0.1) is 6.92 Å². The van der Waals surface area contributed by atoms with Gasteiger partial charge >= 0.3 is 0 Å². The van der Waals surface area contributed by atoms with Gasteiger partial charge in [-0.15, -0.1) is 0 Å². The Hall–Kier alpha value is -3.33. The standard InChI is InChI=1S/C29H33ClN6O2/c1-18-14-22(36-12-10-35(11-13-36)21-6-3-7-21)16-24-27(18)34-28(33-24)26-23(8-9-31-29(26)38)32-17-25(37)19-4-2-5-20(30)15-19/h2,4-5,8-9,14-16,21,25,37H,3,6-7,10-13,17H2,1H3,(H,33,34)(H2,31,32,38)/t25-/m0/s1. The molecule has 0 unspecified atom stereocenters. The lowest BCUT2D eigenvalue weighted by molar-refractivity contribution is 0.120. The number of aromatic amines is 2. The van der Waals surface area contributed by atoms with Gasteiger partial charge in [-0.25, -0.2) is 4.98 Å². The molecule has 0 bridgehead atoms. The average Bonchev–Trinajstić information content (AvgIpc) is 3.31. The fraction of sp³-hybridized carbons (Fsp3) is 0.379. The summed E-state index contributed by atoms with van der Waals surface area (Å²) in [5, 5.41) is 14.5. The van der Waals surface area contributed by atoms with Gasteiger partial charge in [-0.3, -0.25) is 9.69 Å². The Morgan fingerprint density at radius 1 is 1.16 bits per heavy atom. The van der Waals surface area contributed by atoms with Crippen LogP contribution in [0.25, 0.3) is 22.4 Å². The molecule has 38 heavy (non-hydrogen) atoms. The highest BCUT2D eigenvalue weighted by Crippen LogP contribution is 2.31. The third kappa shape index (κ3) is 4.91.